The Morgan fingerprint density at radius 1 is 0.837 bits per heavy atom. The van der Waals surface area contributed by atoms with Crippen LogP contribution in [0.25, 0.3) is 10.9 Å². The van der Waals surface area contributed by atoms with E-state index in [9.17, 15) is 9.59 Å². The Bertz CT molecular complexity index is 1530. The number of benzene rings is 1. The first-order valence-corrected chi connectivity index (χ1v) is 15.4. The number of aromatic nitrogens is 4. The van der Waals surface area contributed by atoms with Crippen molar-refractivity contribution in [1.29, 1.82) is 0 Å². The van der Waals surface area contributed by atoms with Crippen LogP contribution in [0.5, 0.6) is 0 Å². The number of nitrogens with zero attached hydrogens (tertiary/aromatic N) is 4. The second-order valence-corrected chi connectivity index (χ2v) is 13.6. The second kappa shape index (κ2) is 16.5. The lowest BCUT2D eigenvalue weighted by Crippen LogP contribution is -2.27. The number of pyridine rings is 2. The summed E-state index contributed by atoms with van der Waals surface area (Å²) in [5, 5.41) is 7.34. The molecule has 15 heteroatoms. The predicted molar refractivity (Wildman–Crippen MR) is 183 cm³/mol. The van der Waals surface area contributed by atoms with Gasteiger partial charge in [0.05, 0.1) is 14.1 Å². The summed E-state index contributed by atoms with van der Waals surface area (Å²) in [7, 11) is 0. The monoisotopic (exact) mass is 824 g/mol. The molecule has 0 aliphatic carbocycles. The van der Waals surface area contributed by atoms with Crippen LogP contribution in [-0.4, -0.2) is 43.3 Å². The molecule has 0 spiro atoms. The van der Waals surface area contributed by atoms with Crippen LogP contribution in [0.1, 0.15) is 41.5 Å². The minimum atomic E-state index is -0.544. The van der Waals surface area contributed by atoms with E-state index in [1.807, 2.05) is 40.8 Å². The molecule has 0 saturated carbocycles. The molecule has 4 rings (SSSR count). The minimum Gasteiger partial charge on any atom is -0.444 e. The number of amides is 2. The van der Waals surface area contributed by atoms with E-state index in [0.717, 1.165) is 15.4 Å². The summed E-state index contributed by atoms with van der Waals surface area (Å²) in [6.07, 6.45) is 3.65. The fourth-order valence-electron chi connectivity index (χ4n) is 2.77. The second-order valence-electron chi connectivity index (χ2n) is 10.4. The van der Waals surface area contributed by atoms with Crippen molar-refractivity contribution in [2.45, 2.75) is 52.7 Å². The standard InChI is InChI=1S/C10H12ClIN2O2.C10H13ClN2O2.C8H4BrClN2/c1-10(2,3)16-9(15)14-8-7(12)6(11)4-5-13-8;1-10(2,3)15-9(14)13-8-6-7(11)4-5-12-8;9-6-1-2-7-5(3-6)4-11-8(10)12-7/h4-5H,1-3H3,(H,13,14,15);4-6H,1-3H3,(H,12,13,14);1-4H. The first-order chi connectivity index (χ1) is 19.9. The van der Waals surface area contributed by atoms with Gasteiger partial charge in [-0.1, -0.05) is 39.1 Å². The van der Waals surface area contributed by atoms with Gasteiger partial charge in [-0.25, -0.2) is 29.5 Å². The van der Waals surface area contributed by atoms with Crippen molar-refractivity contribution in [3.63, 3.8) is 0 Å². The van der Waals surface area contributed by atoms with Crippen LogP contribution < -0.4 is 10.6 Å². The lowest BCUT2D eigenvalue weighted by Gasteiger charge is -2.19. The van der Waals surface area contributed by atoms with Crippen molar-refractivity contribution in [3.8, 4) is 0 Å². The van der Waals surface area contributed by atoms with Crippen molar-refractivity contribution in [2.24, 2.45) is 0 Å². The summed E-state index contributed by atoms with van der Waals surface area (Å²) < 4.78 is 11.9. The van der Waals surface area contributed by atoms with E-state index in [1.54, 1.807) is 65.9 Å². The SMILES string of the molecule is CC(C)(C)OC(=O)Nc1cc(Cl)ccn1.CC(C)(C)OC(=O)Nc1nccc(Cl)c1I.Clc1ncc2cc(Br)ccc2n1. The van der Waals surface area contributed by atoms with Crippen molar-refractivity contribution >= 4 is 108 Å². The maximum absolute atomic E-state index is 11.5. The summed E-state index contributed by atoms with van der Waals surface area (Å²) in [5.74, 6) is 0.777. The molecule has 43 heavy (non-hydrogen) atoms. The molecule has 0 aliphatic heterocycles. The zero-order valence-corrected chi connectivity index (χ0v) is 30.0. The van der Waals surface area contributed by atoms with E-state index in [4.69, 9.17) is 44.3 Å². The van der Waals surface area contributed by atoms with E-state index < -0.39 is 23.4 Å². The van der Waals surface area contributed by atoms with Gasteiger partial charge in [-0.2, -0.15) is 0 Å². The van der Waals surface area contributed by atoms with Gasteiger partial charge in [0.1, 0.15) is 22.8 Å². The van der Waals surface area contributed by atoms with Crippen LogP contribution in [0.3, 0.4) is 0 Å². The average molecular weight is 827 g/mol. The third kappa shape index (κ3) is 14.7. The lowest BCUT2D eigenvalue weighted by atomic mass is 10.2. The number of hydrogen-bond acceptors (Lipinski definition) is 8. The van der Waals surface area contributed by atoms with Gasteiger partial charge in [-0.3, -0.25) is 10.6 Å². The molecular weight excluding hydrogens is 798 g/mol. The number of carbonyl (C=O) groups excluding carboxylic acids is 2. The number of nitrogens with one attached hydrogen (secondary N) is 2. The van der Waals surface area contributed by atoms with Crippen LogP contribution in [0.2, 0.25) is 15.3 Å². The van der Waals surface area contributed by atoms with Gasteiger partial charge in [-0.15, -0.1) is 0 Å². The number of anilines is 2. The maximum Gasteiger partial charge on any atom is 0.413 e. The van der Waals surface area contributed by atoms with Crippen molar-refractivity contribution in [2.75, 3.05) is 10.6 Å². The molecule has 4 aromatic rings. The van der Waals surface area contributed by atoms with E-state index >= 15 is 0 Å². The topological polar surface area (TPSA) is 128 Å². The lowest BCUT2D eigenvalue weighted by molar-refractivity contribution is 0.0624. The molecule has 230 valence electrons. The number of carbonyl (C=O) groups is 2. The van der Waals surface area contributed by atoms with Crippen LogP contribution in [-0.2, 0) is 9.47 Å². The highest BCUT2D eigenvalue weighted by molar-refractivity contribution is 14.1. The smallest absolute Gasteiger partial charge is 0.413 e. The zero-order chi connectivity index (χ0) is 32.4. The molecule has 1 aromatic carbocycles. The van der Waals surface area contributed by atoms with E-state index in [-0.39, 0.29) is 5.28 Å². The van der Waals surface area contributed by atoms with E-state index in [1.165, 1.54) is 12.4 Å². The van der Waals surface area contributed by atoms with Gasteiger partial charge in [0.25, 0.3) is 0 Å². The molecule has 0 unspecified atom stereocenters. The highest BCUT2D eigenvalue weighted by atomic mass is 127. The van der Waals surface area contributed by atoms with E-state index in [0.29, 0.717) is 25.3 Å². The quantitative estimate of drug-likeness (QED) is 0.151. The van der Waals surface area contributed by atoms with E-state index in [2.05, 4.69) is 46.5 Å². The molecular formula is C28H29BrCl3IN6O4. The summed E-state index contributed by atoms with van der Waals surface area (Å²) in [5.41, 5.74) is -0.199. The Kier molecular flexibility index (Phi) is 14.1. The Morgan fingerprint density at radius 2 is 1.44 bits per heavy atom. The first kappa shape index (κ1) is 36.7. The van der Waals surface area contributed by atoms with Crippen molar-refractivity contribution in [1.82, 2.24) is 19.9 Å². The number of hydrogen-bond donors (Lipinski definition) is 2. The Balaban J connectivity index is 0.000000227. The van der Waals surface area contributed by atoms with Gasteiger partial charge < -0.3 is 9.47 Å². The molecule has 3 heterocycles. The molecule has 0 saturated heterocycles. The summed E-state index contributed by atoms with van der Waals surface area (Å²) in [4.78, 5) is 38.6. The maximum atomic E-state index is 11.5. The fourth-order valence-corrected chi connectivity index (χ4v) is 4.05. The molecule has 2 amide bonds. The molecule has 10 nitrogen and oxygen atoms in total. The number of fused-ring (bicyclic) bond motifs is 1. The Hall–Kier alpha value is -2.52. The predicted octanol–water partition coefficient (Wildman–Crippen LogP) is 9.81. The summed E-state index contributed by atoms with van der Waals surface area (Å²) in [6.45, 7) is 10.8. The van der Waals surface area contributed by atoms with Crippen LogP contribution in [0, 0.1) is 3.57 Å². The van der Waals surface area contributed by atoms with Crippen molar-refractivity contribution in [3.05, 3.63) is 78.4 Å². The third-order valence-electron chi connectivity index (χ3n) is 4.32. The zero-order valence-electron chi connectivity index (χ0n) is 24.0. The molecule has 2 N–H and O–H groups in total. The van der Waals surface area contributed by atoms with Gasteiger partial charge in [0, 0.05) is 33.5 Å². The molecule has 0 fully saturated rings. The first-order valence-electron chi connectivity index (χ1n) is 12.4. The highest BCUT2D eigenvalue weighted by Crippen LogP contribution is 2.24. The Labute approximate surface area is 286 Å². The average Bonchev–Trinajstić information content (AvgIpc) is 2.85. The van der Waals surface area contributed by atoms with Crippen LogP contribution >= 0.6 is 73.3 Å². The molecule has 0 radical (unpaired) electrons. The molecule has 0 bridgehead atoms. The number of ether oxygens (including phenoxy) is 2. The summed E-state index contributed by atoms with van der Waals surface area (Å²) >= 11 is 22.6. The third-order valence-corrected chi connectivity index (χ3v) is 6.96. The Morgan fingerprint density at radius 3 is 2.05 bits per heavy atom. The van der Waals surface area contributed by atoms with Gasteiger partial charge >= 0.3 is 12.2 Å². The van der Waals surface area contributed by atoms with Gasteiger partial charge in [-0.05, 0) is 112 Å². The van der Waals surface area contributed by atoms with Crippen LogP contribution in [0.15, 0.2) is 59.5 Å². The summed E-state index contributed by atoms with van der Waals surface area (Å²) in [6, 6.07) is 10.6. The molecule has 3 aromatic heterocycles. The molecule has 0 aliphatic rings. The highest BCUT2D eigenvalue weighted by Gasteiger charge is 2.18. The van der Waals surface area contributed by atoms with Gasteiger partial charge in [0.2, 0.25) is 5.28 Å². The largest absolute Gasteiger partial charge is 0.444 e. The van der Waals surface area contributed by atoms with Crippen molar-refractivity contribution < 1.29 is 19.1 Å². The normalized spacial score (nSPS) is 10.9. The number of halogens is 5. The van der Waals surface area contributed by atoms with Crippen LogP contribution in [0.4, 0.5) is 21.2 Å². The molecule has 0 atom stereocenters. The van der Waals surface area contributed by atoms with Gasteiger partial charge in [0.15, 0.2) is 0 Å². The fraction of sp³-hybridized carbons (Fsp3) is 0.286. The number of rotatable bonds is 2. The minimum absolute atomic E-state index is 0.282.